The number of ether oxygens (including phenoxy) is 1. The van der Waals surface area contributed by atoms with Crippen LogP contribution in [0.3, 0.4) is 0 Å². The number of hydrogen-bond acceptors (Lipinski definition) is 8. The normalized spacial score (nSPS) is 12.1. The highest BCUT2D eigenvalue weighted by Crippen LogP contribution is 2.29. The number of nitrogen functional groups attached to an aromatic ring is 1. The van der Waals surface area contributed by atoms with Gasteiger partial charge >= 0.3 is 0 Å². The van der Waals surface area contributed by atoms with E-state index in [1.807, 2.05) is 38.1 Å². The van der Waals surface area contributed by atoms with Crippen LogP contribution in [0.2, 0.25) is 0 Å². The van der Waals surface area contributed by atoms with Crippen LogP contribution >= 0.6 is 0 Å². The third-order valence-electron chi connectivity index (χ3n) is 4.01. The van der Waals surface area contributed by atoms with Gasteiger partial charge < -0.3 is 25.4 Å². The van der Waals surface area contributed by atoms with Gasteiger partial charge in [0.1, 0.15) is 30.0 Å². The fourth-order valence-electron chi connectivity index (χ4n) is 2.78. The Morgan fingerprint density at radius 1 is 1.26 bits per heavy atom. The molecule has 0 aliphatic rings. The maximum atomic E-state index is 9.78. The number of hydrogen-bond donors (Lipinski definition) is 3. The van der Waals surface area contributed by atoms with Crippen LogP contribution in [0.15, 0.2) is 34.9 Å². The first kappa shape index (κ1) is 18.8. The number of benzene rings is 1. The van der Waals surface area contributed by atoms with Crippen molar-refractivity contribution in [1.29, 1.82) is 0 Å². The van der Waals surface area contributed by atoms with Gasteiger partial charge in [-0.15, -0.1) is 0 Å². The second-order valence-electron chi connectivity index (χ2n) is 6.25. The van der Waals surface area contributed by atoms with Crippen molar-refractivity contribution in [2.45, 2.75) is 20.0 Å². The number of nitrogens with zero attached hydrogens (tertiary/aromatic N) is 3. The van der Waals surface area contributed by atoms with Crippen molar-refractivity contribution < 1.29 is 14.4 Å². The molecule has 1 atom stereocenters. The van der Waals surface area contributed by atoms with E-state index >= 15 is 0 Å². The monoisotopic (exact) mass is 369 g/mol. The number of aromatic nitrogens is 3. The van der Waals surface area contributed by atoms with Gasteiger partial charge in [-0.05, 0) is 33.0 Å². The number of likely N-dealkylation sites (N-methyl/N-ethyl adjacent to an activating group) is 1. The molecule has 0 spiro atoms. The summed E-state index contributed by atoms with van der Waals surface area (Å²) in [5.74, 6) is 2.12. The average molecular weight is 369 g/mol. The molecule has 3 aromatic rings. The number of nitrogens with two attached hydrogens (primary N) is 1. The third kappa shape index (κ3) is 4.42. The Kier molecular flexibility index (Phi) is 5.68. The predicted molar refractivity (Wildman–Crippen MR) is 102 cm³/mol. The van der Waals surface area contributed by atoms with Crippen LogP contribution in [0.4, 0.5) is 5.82 Å². The molecule has 142 valence electrons. The lowest BCUT2D eigenvalue weighted by atomic mass is 10.1. The molecular weight excluding hydrogens is 346 g/mol. The molecule has 0 radical (unpaired) electrons. The number of aliphatic hydroxyl groups excluding tert-OH is 1. The largest absolute Gasteiger partial charge is 0.491 e. The van der Waals surface area contributed by atoms with E-state index in [2.05, 4.69) is 20.4 Å². The number of nitrogens with one attached hydrogen (secondary N) is 1. The first-order valence-electron chi connectivity index (χ1n) is 8.61. The zero-order chi connectivity index (χ0) is 19.4. The Morgan fingerprint density at radius 2 is 2.07 bits per heavy atom. The summed E-state index contributed by atoms with van der Waals surface area (Å²) in [5.41, 5.74) is 8.97. The number of aryl methyl sites for hydroxylation is 2. The first-order valence-corrected chi connectivity index (χ1v) is 8.61. The summed E-state index contributed by atoms with van der Waals surface area (Å²) in [7, 11) is 1.78. The lowest BCUT2D eigenvalue weighted by Crippen LogP contribution is -2.29. The summed E-state index contributed by atoms with van der Waals surface area (Å²) in [4.78, 5) is 8.97. The number of anilines is 1. The zero-order valence-electron chi connectivity index (χ0n) is 15.6. The maximum Gasteiger partial charge on any atom is 0.162 e. The molecule has 1 unspecified atom stereocenters. The van der Waals surface area contributed by atoms with Crippen molar-refractivity contribution in [3.8, 4) is 28.4 Å². The smallest absolute Gasteiger partial charge is 0.162 e. The third-order valence-corrected chi connectivity index (χ3v) is 4.01. The van der Waals surface area contributed by atoms with Crippen LogP contribution < -0.4 is 15.8 Å². The van der Waals surface area contributed by atoms with Crippen LogP contribution in [-0.2, 0) is 0 Å². The van der Waals surface area contributed by atoms with Gasteiger partial charge in [-0.1, -0.05) is 17.3 Å². The van der Waals surface area contributed by atoms with E-state index in [-0.39, 0.29) is 6.61 Å². The molecule has 4 N–H and O–H groups in total. The molecule has 1 aromatic carbocycles. The second kappa shape index (κ2) is 8.15. The minimum atomic E-state index is -0.589. The Balaban J connectivity index is 1.90. The van der Waals surface area contributed by atoms with Crippen LogP contribution in [0, 0.1) is 13.8 Å². The topological polar surface area (TPSA) is 119 Å². The summed E-state index contributed by atoms with van der Waals surface area (Å²) >= 11 is 0. The SMILES string of the molecule is CNCC(O)COc1cccc(-c2nc(N)cc(-c3c(C)noc3C)n2)c1. The summed E-state index contributed by atoms with van der Waals surface area (Å²) in [6, 6.07) is 9.06. The summed E-state index contributed by atoms with van der Waals surface area (Å²) < 4.78 is 10.9. The van der Waals surface area contributed by atoms with E-state index in [0.29, 0.717) is 35.4 Å². The highest BCUT2D eigenvalue weighted by molar-refractivity contribution is 5.69. The first-order chi connectivity index (χ1) is 13.0. The summed E-state index contributed by atoms with van der Waals surface area (Å²) in [6.45, 7) is 4.33. The molecule has 2 aromatic heterocycles. The molecular formula is C19H23N5O3. The minimum Gasteiger partial charge on any atom is -0.491 e. The second-order valence-corrected chi connectivity index (χ2v) is 6.25. The van der Waals surface area contributed by atoms with Crippen molar-refractivity contribution in [1.82, 2.24) is 20.4 Å². The van der Waals surface area contributed by atoms with Gasteiger partial charge in [0, 0.05) is 18.2 Å². The maximum absolute atomic E-state index is 9.78. The standard InChI is InChI=1S/C19H23N5O3/c1-11-18(12(2)27-24-11)16-8-17(20)23-19(22-16)13-5-4-6-15(7-13)26-10-14(25)9-21-3/h4-8,14,21,25H,9-10H2,1-3H3,(H2,20,22,23). The Labute approximate surface area is 157 Å². The van der Waals surface area contributed by atoms with Gasteiger partial charge in [0.05, 0.1) is 17.0 Å². The average Bonchev–Trinajstić information content (AvgIpc) is 2.98. The number of rotatable bonds is 7. The van der Waals surface area contributed by atoms with Gasteiger partial charge in [-0.3, -0.25) is 0 Å². The van der Waals surface area contributed by atoms with Crippen LogP contribution in [0.25, 0.3) is 22.6 Å². The quantitative estimate of drug-likeness (QED) is 0.578. The molecule has 27 heavy (non-hydrogen) atoms. The van der Waals surface area contributed by atoms with Gasteiger partial charge in [0.25, 0.3) is 0 Å². The predicted octanol–water partition coefficient (Wildman–Crippen LogP) is 1.96. The molecule has 0 bridgehead atoms. The highest BCUT2D eigenvalue weighted by Gasteiger charge is 2.16. The van der Waals surface area contributed by atoms with E-state index in [0.717, 1.165) is 16.8 Å². The molecule has 0 aliphatic carbocycles. The minimum absolute atomic E-state index is 0.187. The highest BCUT2D eigenvalue weighted by atomic mass is 16.5. The van der Waals surface area contributed by atoms with Gasteiger partial charge in [0.15, 0.2) is 5.82 Å². The van der Waals surface area contributed by atoms with Crippen molar-refractivity contribution >= 4 is 5.82 Å². The van der Waals surface area contributed by atoms with Crippen LogP contribution in [0.1, 0.15) is 11.5 Å². The molecule has 0 saturated carbocycles. The fourth-order valence-corrected chi connectivity index (χ4v) is 2.78. The summed E-state index contributed by atoms with van der Waals surface area (Å²) in [6.07, 6.45) is -0.589. The summed E-state index contributed by atoms with van der Waals surface area (Å²) in [5, 5.41) is 16.7. The van der Waals surface area contributed by atoms with E-state index < -0.39 is 6.10 Å². The number of aliphatic hydroxyl groups is 1. The molecule has 2 heterocycles. The lowest BCUT2D eigenvalue weighted by Gasteiger charge is -2.12. The van der Waals surface area contributed by atoms with Gasteiger partial charge in [0.2, 0.25) is 0 Å². The molecule has 0 saturated heterocycles. The van der Waals surface area contributed by atoms with Crippen molar-refractivity contribution in [2.75, 3.05) is 25.9 Å². The van der Waals surface area contributed by atoms with E-state index in [4.69, 9.17) is 15.0 Å². The van der Waals surface area contributed by atoms with Crippen molar-refractivity contribution in [3.05, 3.63) is 41.8 Å². The Hall–Kier alpha value is -2.97. The van der Waals surface area contributed by atoms with Gasteiger partial charge in [-0.2, -0.15) is 0 Å². The van der Waals surface area contributed by atoms with E-state index in [9.17, 15) is 5.11 Å². The van der Waals surface area contributed by atoms with E-state index in [1.54, 1.807) is 13.1 Å². The Bertz CT molecular complexity index is 906. The molecule has 8 heteroatoms. The molecule has 0 aliphatic heterocycles. The van der Waals surface area contributed by atoms with Crippen molar-refractivity contribution in [3.63, 3.8) is 0 Å². The van der Waals surface area contributed by atoms with Crippen LogP contribution in [-0.4, -0.2) is 46.5 Å². The molecule has 3 rings (SSSR count). The Morgan fingerprint density at radius 3 is 2.78 bits per heavy atom. The van der Waals surface area contributed by atoms with Gasteiger partial charge in [-0.25, -0.2) is 9.97 Å². The molecule has 0 fully saturated rings. The molecule has 0 amide bonds. The molecule has 8 nitrogen and oxygen atoms in total. The zero-order valence-corrected chi connectivity index (χ0v) is 15.6. The van der Waals surface area contributed by atoms with Crippen LogP contribution in [0.5, 0.6) is 5.75 Å². The lowest BCUT2D eigenvalue weighted by molar-refractivity contribution is 0.108. The fraction of sp³-hybridized carbons (Fsp3) is 0.316. The van der Waals surface area contributed by atoms with Crippen molar-refractivity contribution in [2.24, 2.45) is 0 Å². The van der Waals surface area contributed by atoms with E-state index in [1.165, 1.54) is 0 Å².